The van der Waals surface area contributed by atoms with Gasteiger partial charge in [-0.05, 0) is 31.6 Å². The van der Waals surface area contributed by atoms with Gasteiger partial charge >= 0.3 is 0 Å². The summed E-state index contributed by atoms with van der Waals surface area (Å²) in [7, 11) is 1.70. The van der Waals surface area contributed by atoms with Crippen LogP contribution in [0.2, 0.25) is 0 Å². The van der Waals surface area contributed by atoms with Crippen LogP contribution in [-0.2, 0) is 9.47 Å². The van der Waals surface area contributed by atoms with Gasteiger partial charge in [-0.2, -0.15) is 0 Å². The van der Waals surface area contributed by atoms with Crippen LogP contribution >= 0.6 is 0 Å². The van der Waals surface area contributed by atoms with E-state index in [0.717, 1.165) is 26.0 Å². The highest BCUT2D eigenvalue weighted by Gasteiger charge is 2.40. The minimum atomic E-state index is -0.250. The molecule has 1 saturated carbocycles. The van der Waals surface area contributed by atoms with Crippen molar-refractivity contribution in [3.63, 3.8) is 0 Å². The largest absolute Gasteiger partial charge is 0.392 e. The molecular weight excluding hydrogens is 242 g/mol. The van der Waals surface area contributed by atoms with Gasteiger partial charge in [-0.3, -0.25) is 0 Å². The van der Waals surface area contributed by atoms with Crippen molar-refractivity contribution in [2.24, 2.45) is 5.92 Å². The third-order valence-electron chi connectivity index (χ3n) is 4.68. The molecule has 2 rings (SSSR count). The Morgan fingerprint density at radius 2 is 2.16 bits per heavy atom. The van der Waals surface area contributed by atoms with Gasteiger partial charge in [0.15, 0.2) is 0 Å². The molecule has 2 unspecified atom stereocenters. The lowest BCUT2D eigenvalue weighted by Crippen LogP contribution is -2.46. The number of aliphatic hydroxyl groups excluding tert-OH is 1. The van der Waals surface area contributed by atoms with Crippen molar-refractivity contribution < 1.29 is 14.6 Å². The van der Waals surface area contributed by atoms with Crippen LogP contribution in [0, 0.1) is 5.92 Å². The Bertz CT molecular complexity index is 248. The van der Waals surface area contributed by atoms with Gasteiger partial charge < -0.3 is 19.9 Å². The molecule has 2 aliphatic rings. The van der Waals surface area contributed by atoms with Crippen LogP contribution < -0.4 is 5.32 Å². The Morgan fingerprint density at radius 3 is 2.89 bits per heavy atom. The Labute approximate surface area is 116 Å². The van der Waals surface area contributed by atoms with Crippen LogP contribution in [0.25, 0.3) is 0 Å². The maximum absolute atomic E-state index is 10.3. The van der Waals surface area contributed by atoms with Crippen molar-refractivity contribution in [3.05, 3.63) is 0 Å². The maximum atomic E-state index is 10.3. The number of hydrogen-bond donors (Lipinski definition) is 2. The lowest BCUT2D eigenvalue weighted by atomic mass is 9.74. The topological polar surface area (TPSA) is 50.7 Å². The quantitative estimate of drug-likeness (QED) is 0.722. The van der Waals surface area contributed by atoms with E-state index in [1.54, 1.807) is 7.11 Å². The lowest BCUT2D eigenvalue weighted by molar-refractivity contribution is -0.133. The summed E-state index contributed by atoms with van der Waals surface area (Å²) in [6.07, 6.45) is 8.08. The van der Waals surface area contributed by atoms with E-state index in [9.17, 15) is 5.11 Å². The fourth-order valence-electron chi connectivity index (χ4n) is 3.53. The first-order valence-corrected chi connectivity index (χ1v) is 7.77. The van der Waals surface area contributed by atoms with Crippen LogP contribution in [-0.4, -0.2) is 50.2 Å². The van der Waals surface area contributed by atoms with Crippen molar-refractivity contribution >= 4 is 0 Å². The van der Waals surface area contributed by atoms with Gasteiger partial charge in [0, 0.05) is 26.8 Å². The first-order valence-electron chi connectivity index (χ1n) is 7.77. The Hall–Kier alpha value is -0.160. The predicted octanol–water partition coefficient (Wildman–Crippen LogP) is 1.71. The van der Waals surface area contributed by atoms with Crippen molar-refractivity contribution in [2.45, 2.75) is 56.7 Å². The molecule has 2 N–H and O–H groups in total. The summed E-state index contributed by atoms with van der Waals surface area (Å²) in [6.45, 7) is 3.00. The second kappa shape index (κ2) is 7.58. The molecule has 1 aliphatic heterocycles. The van der Waals surface area contributed by atoms with Gasteiger partial charge in [0.2, 0.25) is 0 Å². The third kappa shape index (κ3) is 4.42. The zero-order valence-corrected chi connectivity index (χ0v) is 12.2. The van der Waals surface area contributed by atoms with Crippen LogP contribution in [0.1, 0.15) is 44.9 Å². The molecule has 0 radical (unpaired) electrons. The monoisotopic (exact) mass is 271 g/mol. The van der Waals surface area contributed by atoms with Gasteiger partial charge in [0.05, 0.1) is 18.3 Å². The van der Waals surface area contributed by atoms with E-state index in [-0.39, 0.29) is 11.7 Å². The SMILES string of the molecule is COCCNCC(O)C1CCOC2(CCCCC2)C1. The molecule has 2 fully saturated rings. The first-order chi connectivity index (χ1) is 9.26. The molecule has 4 nitrogen and oxygen atoms in total. The standard InChI is InChI=1S/C15H29NO3/c1-18-10-8-16-12-14(17)13-5-9-19-15(11-13)6-3-2-4-7-15/h13-14,16-17H,2-12H2,1H3. The van der Waals surface area contributed by atoms with E-state index in [1.165, 1.54) is 32.1 Å². The first kappa shape index (κ1) is 15.2. The third-order valence-corrected chi connectivity index (χ3v) is 4.68. The summed E-state index contributed by atoms with van der Waals surface area (Å²) in [6, 6.07) is 0. The van der Waals surface area contributed by atoms with Gasteiger partial charge in [-0.15, -0.1) is 0 Å². The molecule has 0 bridgehead atoms. The van der Waals surface area contributed by atoms with Gasteiger partial charge in [0.1, 0.15) is 0 Å². The van der Waals surface area contributed by atoms with E-state index in [1.807, 2.05) is 0 Å². The highest BCUT2D eigenvalue weighted by Crippen LogP contribution is 2.41. The van der Waals surface area contributed by atoms with Gasteiger partial charge in [-0.1, -0.05) is 19.3 Å². The summed E-state index contributed by atoms with van der Waals surface area (Å²) in [5.74, 6) is 0.391. The molecule has 0 aromatic rings. The predicted molar refractivity (Wildman–Crippen MR) is 75.2 cm³/mol. The summed E-state index contributed by atoms with van der Waals surface area (Å²) in [5.41, 5.74) is 0.0919. The summed E-state index contributed by atoms with van der Waals surface area (Å²) in [5, 5.41) is 13.6. The molecule has 1 heterocycles. The van der Waals surface area contributed by atoms with Crippen LogP contribution in [0.5, 0.6) is 0 Å². The highest BCUT2D eigenvalue weighted by atomic mass is 16.5. The Morgan fingerprint density at radius 1 is 1.37 bits per heavy atom. The summed E-state index contributed by atoms with van der Waals surface area (Å²) in [4.78, 5) is 0. The molecular formula is C15H29NO3. The molecule has 19 heavy (non-hydrogen) atoms. The van der Waals surface area contributed by atoms with Gasteiger partial charge in [-0.25, -0.2) is 0 Å². The van der Waals surface area contributed by atoms with E-state index in [4.69, 9.17) is 9.47 Å². The highest BCUT2D eigenvalue weighted by molar-refractivity contribution is 4.91. The summed E-state index contributed by atoms with van der Waals surface area (Å²) < 4.78 is 11.1. The molecule has 0 amide bonds. The van der Waals surface area contributed by atoms with Crippen LogP contribution in [0.15, 0.2) is 0 Å². The summed E-state index contributed by atoms with van der Waals surface area (Å²) >= 11 is 0. The maximum Gasteiger partial charge on any atom is 0.0694 e. The fraction of sp³-hybridized carbons (Fsp3) is 1.00. The molecule has 0 aromatic carbocycles. The normalized spacial score (nSPS) is 28.4. The number of methoxy groups -OCH3 is 1. The number of hydrogen-bond acceptors (Lipinski definition) is 4. The number of rotatable bonds is 6. The second-order valence-electron chi connectivity index (χ2n) is 6.11. The minimum absolute atomic E-state index is 0.0919. The second-order valence-corrected chi connectivity index (χ2v) is 6.11. The zero-order valence-electron chi connectivity index (χ0n) is 12.2. The zero-order chi connectivity index (χ0) is 13.6. The molecule has 0 aromatic heterocycles. The minimum Gasteiger partial charge on any atom is -0.392 e. The fourth-order valence-corrected chi connectivity index (χ4v) is 3.53. The van der Waals surface area contributed by atoms with E-state index >= 15 is 0 Å². The molecule has 1 saturated heterocycles. The molecule has 112 valence electrons. The lowest BCUT2D eigenvalue weighted by Gasteiger charge is -2.44. The van der Waals surface area contributed by atoms with Crippen molar-refractivity contribution in [1.29, 1.82) is 0 Å². The van der Waals surface area contributed by atoms with Crippen molar-refractivity contribution in [1.82, 2.24) is 5.32 Å². The van der Waals surface area contributed by atoms with Crippen molar-refractivity contribution in [2.75, 3.05) is 33.4 Å². The number of nitrogens with one attached hydrogen (secondary N) is 1. The van der Waals surface area contributed by atoms with E-state index in [2.05, 4.69) is 5.32 Å². The molecule has 1 spiro atoms. The van der Waals surface area contributed by atoms with E-state index in [0.29, 0.717) is 19.1 Å². The number of aliphatic hydroxyl groups is 1. The van der Waals surface area contributed by atoms with Crippen molar-refractivity contribution in [3.8, 4) is 0 Å². The Kier molecular flexibility index (Phi) is 6.07. The van der Waals surface area contributed by atoms with Gasteiger partial charge in [0.25, 0.3) is 0 Å². The molecule has 2 atom stereocenters. The van der Waals surface area contributed by atoms with Crippen LogP contribution in [0.4, 0.5) is 0 Å². The molecule has 1 aliphatic carbocycles. The van der Waals surface area contributed by atoms with E-state index < -0.39 is 0 Å². The average molecular weight is 271 g/mol. The Balaban J connectivity index is 1.76. The number of ether oxygens (including phenoxy) is 2. The average Bonchev–Trinajstić information content (AvgIpc) is 2.44. The van der Waals surface area contributed by atoms with Crippen LogP contribution in [0.3, 0.4) is 0 Å². The smallest absolute Gasteiger partial charge is 0.0694 e. The molecule has 4 heteroatoms.